The van der Waals surface area contributed by atoms with E-state index in [4.69, 9.17) is 9.84 Å². The number of amides is 1. The van der Waals surface area contributed by atoms with Gasteiger partial charge in [0, 0.05) is 5.56 Å². The van der Waals surface area contributed by atoms with Crippen LogP contribution in [0.5, 0.6) is 5.75 Å². The van der Waals surface area contributed by atoms with E-state index in [2.05, 4.69) is 17.4 Å². The van der Waals surface area contributed by atoms with E-state index < -0.39 is 0 Å². The number of methoxy groups -OCH3 is 1. The molecule has 0 saturated carbocycles. The van der Waals surface area contributed by atoms with Crippen LogP contribution in [0.1, 0.15) is 29.0 Å². The monoisotopic (exact) mass is 379 g/mol. The van der Waals surface area contributed by atoms with E-state index in [1.165, 1.54) is 5.56 Å². The van der Waals surface area contributed by atoms with Crippen molar-refractivity contribution in [1.29, 1.82) is 0 Å². The van der Waals surface area contributed by atoms with Gasteiger partial charge in [0.1, 0.15) is 11.6 Å². The molecule has 0 fully saturated rings. The Morgan fingerprint density at radius 2 is 1.81 bits per heavy atom. The maximum Gasteiger partial charge on any atom is 0.238 e. The van der Waals surface area contributed by atoms with E-state index in [9.17, 15) is 4.79 Å². The van der Waals surface area contributed by atoms with Crippen LogP contribution in [0.15, 0.2) is 54.6 Å². The SMILES string of the molecule is COc1ccc(-n2nc(C)c3c2NC(=O)[C@@H](C)S[C@H]3c2ccccc2)cc1. The Bertz CT molecular complexity index is 967. The Balaban J connectivity index is 1.87. The first-order chi connectivity index (χ1) is 13.1. The topological polar surface area (TPSA) is 56.1 Å². The molecule has 2 atom stereocenters. The average molecular weight is 379 g/mol. The van der Waals surface area contributed by atoms with E-state index in [1.54, 1.807) is 18.9 Å². The van der Waals surface area contributed by atoms with Gasteiger partial charge in [-0.25, -0.2) is 4.68 Å². The molecule has 0 saturated heterocycles. The molecule has 0 spiro atoms. The zero-order chi connectivity index (χ0) is 19.0. The molecule has 2 heterocycles. The van der Waals surface area contributed by atoms with Gasteiger partial charge >= 0.3 is 0 Å². The summed E-state index contributed by atoms with van der Waals surface area (Å²) in [6.45, 7) is 3.94. The number of thioether (sulfide) groups is 1. The smallest absolute Gasteiger partial charge is 0.238 e. The van der Waals surface area contributed by atoms with Gasteiger partial charge in [0.25, 0.3) is 0 Å². The summed E-state index contributed by atoms with van der Waals surface area (Å²) in [6, 6.07) is 17.9. The fraction of sp³-hybridized carbons (Fsp3) is 0.238. The lowest BCUT2D eigenvalue weighted by Gasteiger charge is -2.17. The standard InChI is InChI=1S/C21H21N3O2S/c1-13-18-19(15-7-5-4-6-8-15)27-14(2)21(25)22-20(18)24(23-13)16-9-11-17(26-3)12-10-16/h4-12,14,19H,1-3H3,(H,22,25)/t14-,19+/m1/s1. The second-order valence-corrected chi connectivity index (χ2v) is 7.97. The normalized spacial score (nSPS) is 19.1. The molecule has 27 heavy (non-hydrogen) atoms. The lowest BCUT2D eigenvalue weighted by molar-refractivity contribution is -0.115. The highest BCUT2D eigenvalue weighted by atomic mass is 32.2. The lowest BCUT2D eigenvalue weighted by atomic mass is 10.0. The van der Waals surface area contributed by atoms with Crippen molar-refractivity contribution in [2.45, 2.75) is 24.3 Å². The van der Waals surface area contributed by atoms with Crippen molar-refractivity contribution in [3.05, 3.63) is 71.4 Å². The number of rotatable bonds is 3. The zero-order valence-corrected chi connectivity index (χ0v) is 16.3. The quantitative estimate of drug-likeness (QED) is 0.735. The fourth-order valence-electron chi connectivity index (χ4n) is 3.31. The molecular formula is C21H21N3O2S. The molecule has 5 nitrogen and oxygen atoms in total. The van der Waals surface area contributed by atoms with Crippen LogP contribution in [0, 0.1) is 6.92 Å². The number of hydrogen-bond acceptors (Lipinski definition) is 4. The highest BCUT2D eigenvalue weighted by Gasteiger charge is 2.33. The Kier molecular flexibility index (Phi) is 4.66. The van der Waals surface area contributed by atoms with Crippen LogP contribution in [0.25, 0.3) is 5.69 Å². The van der Waals surface area contributed by atoms with Crippen LogP contribution in [-0.4, -0.2) is 28.0 Å². The number of aromatic nitrogens is 2. The number of carbonyl (C=O) groups is 1. The Morgan fingerprint density at radius 1 is 1.11 bits per heavy atom. The molecule has 0 unspecified atom stereocenters. The van der Waals surface area contributed by atoms with Crippen LogP contribution in [0.4, 0.5) is 5.82 Å². The molecule has 3 aromatic rings. The van der Waals surface area contributed by atoms with Crippen molar-refractivity contribution >= 4 is 23.5 Å². The van der Waals surface area contributed by atoms with E-state index >= 15 is 0 Å². The van der Waals surface area contributed by atoms with E-state index in [1.807, 2.05) is 61.0 Å². The molecule has 1 N–H and O–H groups in total. The second kappa shape index (κ2) is 7.12. The molecule has 0 aliphatic carbocycles. The van der Waals surface area contributed by atoms with Crippen molar-refractivity contribution in [2.24, 2.45) is 0 Å². The summed E-state index contributed by atoms with van der Waals surface area (Å²) in [5.74, 6) is 1.52. The van der Waals surface area contributed by atoms with Gasteiger partial charge in [0.2, 0.25) is 5.91 Å². The number of fused-ring (bicyclic) bond motifs is 1. The third kappa shape index (κ3) is 3.21. The highest BCUT2D eigenvalue weighted by Crippen LogP contribution is 2.45. The molecule has 4 rings (SSSR count). The van der Waals surface area contributed by atoms with Crippen LogP contribution < -0.4 is 10.1 Å². The maximum absolute atomic E-state index is 12.7. The number of ether oxygens (including phenoxy) is 1. The summed E-state index contributed by atoms with van der Waals surface area (Å²) in [5.41, 5.74) is 4.02. The Hall–Kier alpha value is -2.73. The summed E-state index contributed by atoms with van der Waals surface area (Å²) in [5, 5.41) is 7.72. The molecule has 1 aromatic heterocycles. The summed E-state index contributed by atoms with van der Waals surface area (Å²) in [4.78, 5) is 12.7. The molecule has 2 aromatic carbocycles. The van der Waals surface area contributed by atoms with Gasteiger partial charge in [-0.05, 0) is 43.7 Å². The first kappa shape index (κ1) is 17.7. The molecule has 138 valence electrons. The third-order valence-electron chi connectivity index (χ3n) is 4.74. The predicted octanol–water partition coefficient (Wildman–Crippen LogP) is 4.35. The van der Waals surface area contributed by atoms with E-state index in [0.717, 1.165) is 28.5 Å². The van der Waals surface area contributed by atoms with Crippen LogP contribution in [-0.2, 0) is 4.79 Å². The third-order valence-corrected chi connectivity index (χ3v) is 6.14. The molecule has 1 amide bonds. The lowest BCUT2D eigenvalue weighted by Crippen LogP contribution is -2.22. The number of nitrogens with one attached hydrogen (secondary N) is 1. The largest absolute Gasteiger partial charge is 0.497 e. The number of anilines is 1. The van der Waals surface area contributed by atoms with Gasteiger partial charge in [0.05, 0.1) is 29.0 Å². The van der Waals surface area contributed by atoms with Crippen molar-refractivity contribution < 1.29 is 9.53 Å². The summed E-state index contributed by atoms with van der Waals surface area (Å²) in [6.07, 6.45) is 0. The van der Waals surface area contributed by atoms with Gasteiger partial charge in [0.15, 0.2) is 0 Å². The number of carbonyl (C=O) groups excluding carboxylic acids is 1. The second-order valence-electron chi connectivity index (χ2n) is 6.52. The summed E-state index contributed by atoms with van der Waals surface area (Å²) < 4.78 is 7.06. The zero-order valence-electron chi connectivity index (χ0n) is 15.5. The van der Waals surface area contributed by atoms with E-state index in [-0.39, 0.29) is 16.4 Å². The molecule has 0 bridgehead atoms. The average Bonchev–Trinajstić information content (AvgIpc) is 2.95. The van der Waals surface area contributed by atoms with Crippen LogP contribution in [0.2, 0.25) is 0 Å². The number of benzene rings is 2. The highest BCUT2D eigenvalue weighted by molar-refractivity contribution is 8.01. The summed E-state index contributed by atoms with van der Waals surface area (Å²) >= 11 is 1.65. The maximum atomic E-state index is 12.7. The van der Waals surface area contributed by atoms with Gasteiger partial charge in [-0.15, -0.1) is 11.8 Å². The van der Waals surface area contributed by atoms with Gasteiger partial charge in [-0.1, -0.05) is 30.3 Å². The van der Waals surface area contributed by atoms with Crippen molar-refractivity contribution in [1.82, 2.24) is 9.78 Å². The molecule has 1 aliphatic rings. The molecule has 1 aliphatic heterocycles. The van der Waals surface area contributed by atoms with Crippen LogP contribution in [0.3, 0.4) is 0 Å². The van der Waals surface area contributed by atoms with Gasteiger partial charge in [-0.3, -0.25) is 4.79 Å². The predicted molar refractivity (Wildman–Crippen MR) is 109 cm³/mol. The van der Waals surface area contributed by atoms with Crippen molar-refractivity contribution in [3.8, 4) is 11.4 Å². The summed E-state index contributed by atoms with van der Waals surface area (Å²) in [7, 11) is 1.64. The van der Waals surface area contributed by atoms with Crippen molar-refractivity contribution in [3.63, 3.8) is 0 Å². The fourth-order valence-corrected chi connectivity index (χ4v) is 4.63. The first-order valence-electron chi connectivity index (χ1n) is 8.83. The Morgan fingerprint density at radius 3 is 2.48 bits per heavy atom. The Labute approximate surface area is 162 Å². The molecule has 0 radical (unpaired) electrons. The number of aryl methyl sites for hydroxylation is 1. The number of hydrogen-bond donors (Lipinski definition) is 1. The number of nitrogens with zero attached hydrogens (tertiary/aromatic N) is 2. The molecule has 6 heteroatoms. The minimum absolute atomic E-state index is 0.00524. The molecular weight excluding hydrogens is 358 g/mol. The minimum atomic E-state index is -0.161. The van der Waals surface area contributed by atoms with Gasteiger partial charge in [-0.2, -0.15) is 5.10 Å². The van der Waals surface area contributed by atoms with Crippen LogP contribution >= 0.6 is 11.8 Å². The minimum Gasteiger partial charge on any atom is -0.497 e. The van der Waals surface area contributed by atoms with Gasteiger partial charge < -0.3 is 10.1 Å². The van der Waals surface area contributed by atoms with Crippen molar-refractivity contribution in [2.75, 3.05) is 12.4 Å². The van der Waals surface area contributed by atoms with E-state index in [0.29, 0.717) is 0 Å². The first-order valence-corrected chi connectivity index (χ1v) is 9.78.